The van der Waals surface area contributed by atoms with Crippen LogP contribution < -0.4 is 4.90 Å². The molecule has 0 saturated carbocycles. The Morgan fingerprint density at radius 1 is 1.38 bits per heavy atom. The molecule has 2 unspecified atom stereocenters. The number of nitro benzene ring substituents is 1. The Hall–Kier alpha value is -2.64. The number of hydrogen-bond acceptors (Lipinski definition) is 5. The number of anilines is 1. The summed E-state index contributed by atoms with van der Waals surface area (Å²) in [5, 5.41) is 19.8. The molecule has 2 heterocycles. The van der Waals surface area contributed by atoms with E-state index in [2.05, 4.69) is 0 Å². The van der Waals surface area contributed by atoms with Gasteiger partial charge in [0.2, 0.25) is 0 Å². The van der Waals surface area contributed by atoms with Crippen LogP contribution in [0.15, 0.2) is 18.2 Å². The lowest BCUT2D eigenvalue weighted by Crippen LogP contribution is -2.48. The van der Waals surface area contributed by atoms with Gasteiger partial charge in [0.25, 0.3) is 5.69 Å². The predicted octanol–water partition coefficient (Wildman–Crippen LogP) is 1.35. The quantitative estimate of drug-likeness (QED) is 0.512. The number of aldehydes is 1. The molecule has 1 aromatic rings. The fraction of sp³-hybridized carbons (Fsp3) is 0.385. The number of fused-ring (bicyclic) bond motifs is 2. The Labute approximate surface area is 119 Å². The SMILES string of the molecule is O=Cc1cc([N+](=O)[O-])ccc1N1CC2CC1CN2C(=O)O. The molecule has 0 spiro atoms. The van der Waals surface area contributed by atoms with Crippen LogP contribution in [0.1, 0.15) is 16.8 Å². The van der Waals surface area contributed by atoms with E-state index in [0.29, 0.717) is 25.1 Å². The van der Waals surface area contributed by atoms with E-state index in [1.165, 1.54) is 17.0 Å². The maximum Gasteiger partial charge on any atom is 0.407 e. The molecule has 2 atom stereocenters. The van der Waals surface area contributed by atoms with Gasteiger partial charge in [-0.05, 0) is 12.5 Å². The van der Waals surface area contributed by atoms with Crippen LogP contribution in [-0.4, -0.2) is 52.5 Å². The highest BCUT2D eigenvalue weighted by Crippen LogP contribution is 2.36. The van der Waals surface area contributed by atoms with Gasteiger partial charge in [-0.3, -0.25) is 14.9 Å². The average molecular weight is 291 g/mol. The molecule has 1 aromatic carbocycles. The number of likely N-dealkylation sites (tertiary alicyclic amines) is 1. The largest absolute Gasteiger partial charge is 0.465 e. The molecular weight excluding hydrogens is 278 g/mol. The monoisotopic (exact) mass is 291 g/mol. The van der Waals surface area contributed by atoms with Crippen molar-refractivity contribution in [1.29, 1.82) is 0 Å². The molecule has 1 amide bonds. The van der Waals surface area contributed by atoms with E-state index in [9.17, 15) is 19.7 Å². The van der Waals surface area contributed by atoms with Gasteiger partial charge in [-0.1, -0.05) is 0 Å². The number of nitrogens with zero attached hydrogens (tertiary/aromatic N) is 3. The molecule has 0 radical (unpaired) electrons. The number of piperazine rings is 1. The summed E-state index contributed by atoms with van der Waals surface area (Å²) in [6.45, 7) is 0.908. The molecule has 8 nitrogen and oxygen atoms in total. The summed E-state index contributed by atoms with van der Waals surface area (Å²) in [7, 11) is 0. The lowest BCUT2D eigenvalue weighted by atomic mass is 10.1. The third-order valence-corrected chi connectivity index (χ3v) is 4.14. The zero-order chi connectivity index (χ0) is 15.1. The van der Waals surface area contributed by atoms with Gasteiger partial charge in [0.15, 0.2) is 6.29 Å². The van der Waals surface area contributed by atoms with Gasteiger partial charge < -0.3 is 14.9 Å². The van der Waals surface area contributed by atoms with Crippen LogP contribution >= 0.6 is 0 Å². The molecule has 21 heavy (non-hydrogen) atoms. The van der Waals surface area contributed by atoms with Crippen molar-refractivity contribution in [2.24, 2.45) is 0 Å². The van der Waals surface area contributed by atoms with E-state index in [1.54, 1.807) is 6.07 Å². The molecule has 2 aliphatic heterocycles. The van der Waals surface area contributed by atoms with E-state index < -0.39 is 11.0 Å². The van der Waals surface area contributed by atoms with Gasteiger partial charge in [0.1, 0.15) is 0 Å². The Morgan fingerprint density at radius 2 is 2.14 bits per heavy atom. The number of carbonyl (C=O) groups excluding carboxylic acids is 1. The molecule has 2 fully saturated rings. The minimum Gasteiger partial charge on any atom is -0.465 e. The minimum absolute atomic E-state index is 0.0197. The summed E-state index contributed by atoms with van der Waals surface area (Å²) >= 11 is 0. The van der Waals surface area contributed by atoms with Gasteiger partial charge in [0.05, 0.1) is 11.0 Å². The Bertz CT molecular complexity index is 632. The van der Waals surface area contributed by atoms with Crippen LogP contribution in [0.2, 0.25) is 0 Å². The van der Waals surface area contributed by atoms with Crippen molar-refractivity contribution in [3.8, 4) is 0 Å². The Morgan fingerprint density at radius 3 is 2.67 bits per heavy atom. The van der Waals surface area contributed by atoms with Crippen molar-refractivity contribution in [2.45, 2.75) is 18.5 Å². The van der Waals surface area contributed by atoms with Crippen molar-refractivity contribution in [3.63, 3.8) is 0 Å². The summed E-state index contributed by atoms with van der Waals surface area (Å²) in [6, 6.07) is 4.12. The van der Waals surface area contributed by atoms with E-state index in [4.69, 9.17) is 5.11 Å². The van der Waals surface area contributed by atoms with E-state index in [-0.39, 0.29) is 23.3 Å². The second-order valence-corrected chi connectivity index (χ2v) is 5.25. The summed E-state index contributed by atoms with van der Waals surface area (Å²) < 4.78 is 0. The van der Waals surface area contributed by atoms with E-state index in [0.717, 1.165) is 6.42 Å². The van der Waals surface area contributed by atoms with Gasteiger partial charge in [-0.25, -0.2) is 4.79 Å². The smallest absolute Gasteiger partial charge is 0.407 e. The molecule has 0 aromatic heterocycles. The van der Waals surface area contributed by atoms with Crippen LogP contribution in [0.5, 0.6) is 0 Å². The Balaban J connectivity index is 1.88. The minimum atomic E-state index is -0.929. The number of benzene rings is 1. The lowest BCUT2D eigenvalue weighted by molar-refractivity contribution is -0.384. The van der Waals surface area contributed by atoms with Gasteiger partial charge in [0, 0.05) is 42.5 Å². The molecule has 1 N–H and O–H groups in total. The van der Waals surface area contributed by atoms with Crippen molar-refractivity contribution >= 4 is 23.8 Å². The molecule has 2 bridgehead atoms. The van der Waals surface area contributed by atoms with Crippen molar-refractivity contribution in [1.82, 2.24) is 4.90 Å². The molecule has 0 aliphatic carbocycles. The molecule has 2 aliphatic rings. The summed E-state index contributed by atoms with van der Waals surface area (Å²) in [5.41, 5.74) is 0.768. The third-order valence-electron chi connectivity index (χ3n) is 4.14. The first kappa shape index (κ1) is 13.3. The third kappa shape index (κ3) is 2.08. The van der Waals surface area contributed by atoms with Gasteiger partial charge >= 0.3 is 6.09 Å². The Kier molecular flexibility index (Phi) is 3.00. The summed E-state index contributed by atoms with van der Waals surface area (Å²) in [6.07, 6.45) is 0.395. The molecule has 110 valence electrons. The summed E-state index contributed by atoms with van der Waals surface area (Å²) in [5.74, 6) is 0. The van der Waals surface area contributed by atoms with Gasteiger partial charge in [-0.2, -0.15) is 0 Å². The fourth-order valence-corrected chi connectivity index (χ4v) is 3.21. The van der Waals surface area contributed by atoms with E-state index >= 15 is 0 Å². The highest BCUT2D eigenvalue weighted by atomic mass is 16.6. The van der Waals surface area contributed by atoms with Crippen LogP contribution in [0.25, 0.3) is 0 Å². The number of amides is 1. The molecule has 3 rings (SSSR count). The average Bonchev–Trinajstić information content (AvgIpc) is 3.06. The predicted molar refractivity (Wildman–Crippen MR) is 72.8 cm³/mol. The maximum absolute atomic E-state index is 11.2. The zero-order valence-electron chi connectivity index (χ0n) is 11.0. The first-order chi connectivity index (χ1) is 10.0. The summed E-state index contributed by atoms with van der Waals surface area (Å²) in [4.78, 5) is 35.8. The topological polar surface area (TPSA) is 104 Å². The lowest BCUT2D eigenvalue weighted by Gasteiger charge is -2.34. The molecular formula is C13H13N3O5. The highest BCUT2D eigenvalue weighted by Gasteiger charge is 2.45. The fourth-order valence-electron chi connectivity index (χ4n) is 3.21. The standard InChI is InChI=1S/C13H13N3O5/c17-7-8-3-9(16(20)21)1-2-12(8)14-5-11-4-10(14)6-15(11)13(18)19/h1-3,7,10-11H,4-6H2,(H,18,19). The van der Waals surface area contributed by atoms with Crippen LogP contribution in [0, 0.1) is 10.1 Å². The molecule has 8 heteroatoms. The van der Waals surface area contributed by atoms with Gasteiger partial charge in [-0.15, -0.1) is 0 Å². The molecule has 2 saturated heterocycles. The van der Waals surface area contributed by atoms with Crippen molar-refractivity contribution in [2.75, 3.05) is 18.0 Å². The second kappa shape index (κ2) is 4.72. The highest BCUT2D eigenvalue weighted by molar-refractivity contribution is 5.86. The van der Waals surface area contributed by atoms with Crippen LogP contribution in [-0.2, 0) is 0 Å². The number of nitro groups is 1. The number of rotatable bonds is 3. The number of carboxylic acid groups (broad SMARTS) is 1. The van der Waals surface area contributed by atoms with Crippen LogP contribution in [0.4, 0.5) is 16.2 Å². The zero-order valence-corrected chi connectivity index (χ0v) is 11.0. The maximum atomic E-state index is 11.2. The number of carbonyl (C=O) groups is 2. The number of hydrogen-bond donors (Lipinski definition) is 1. The second-order valence-electron chi connectivity index (χ2n) is 5.25. The van der Waals surface area contributed by atoms with E-state index in [1.807, 2.05) is 4.90 Å². The number of non-ortho nitro benzene ring substituents is 1. The first-order valence-corrected chi connectivity index (χ1v) is 6.51. The van der Waals surface area contributed by atoms with Crippen molar-refractivity contribution in [3.05, 3.63) is 33.9 Å². The normalized spacial score (nSPS) is 23.4. The first-order valence-electron chi connectivity index (χ1n) is 6.51. The van der Waals surface area contributed by atoms with Crippen molar-refractivity contribution < 1.29 is 19.6 Å². The van der Waals surface area contributed by atoms with Crippen LogP contribution in [0.3, 0.4) is 0 Å².